The van der Waals surface area contributed by atoms with E-state index in [1.54, 1.807) is 0 Å². The summed E-state index contributed by atoms with van der Waals surface area (Å²) in [7, 11) is 0. The lowest BCUT2D eigenvalue weighted by atomic mass is 9.98. The van der Waals surface area contributed by atoms with Gasteiger partial charge in [-0.3, -0.25) is 0 Å². The molecule has 60 heavy (non-hydrogen) atoms. The van der Waals surface area contributed by atoms with Gasteiger partial charge < -0.3 is 0 Å². The van der Waals surface area contributed by atoms with Gasteiger partial charge in [0.1, 0.15) is 0 Å². The SMILES string of the molecule is c1ccc(-c2cccc(-c3nc(-c4ccccc4)cc(-c4cccc(-c5cccc(-c6nc(-c7ccccc7)nc(-c7cccc(-c8ccccc8)c7)n6)c5)c4)n3)c2)cc1. The molecule has 0 saturated carbocycles. The molecule has 0 atom stereocenters. The molecule has 0 N–H and O–H groups in total. The van der Waals surface area contributed by atoms with Crippen LogP contribution in [0.4, 0.5) is 0 Å². The van der Waals surface area contributed by atoms with Crippen LogP contribution in [0.3, 0.4) is 0 Å². The summed E-state index contributed by atoms with van der Waals surface area (Å²) in [4.78, 5) is 25.5. The molecule has 0 radical (unpaired) electrons. The Morgan fingerprint density at radius 1 is 0.167 bits per heavy atom. The summed E-state index contributed by atoms with van der Waals surface area (Å²) >= 11 is 0. The second kappa shape index (κ2) is 16.4. The van der Waals surface area contributed by atoms with Crippen LogP contribution in [0.2, 0.25) is 0 Å². The Balaban J connectivity index is 1.04. The molecule has 0 aliphatic carbocycles. The van der Waals surface area contributed by atoms with Crippen molar-refractivity contribution in [2.75, 3.05) is 0 Å². The summed E-state index contributed by atoms with van der Waals surface area (Å²) in [6.45, 7) is 0. The molecule has 10 aromatic rings. The van der Waals surface area contributed by atoms with Gasteiger partial charge in [0, 0.05) is 33.4 Å². The summed E-state index contributed by atoms with van der Waals surface area (Å²) < 4.78 is 0. The molecule has 5 nitrogen and oxygen atoms in total. The predicted molar refractivity (Wildman–Crippen MR) is 244 cm³/mol. The summed E-state index contributed by atoms with van der Waals surface area (Å²) in [6.07, 6.45) is 0. The van der Waals surface area contributed by atoms with Gasteiger partial charge in [-0.25, -0.2) is 24.9 Å². The standard InChI is InChI=1S/C55H37N5/c1-5-17-38(18-6-1)42-25-14-30-47(34-42)53-56-50(40-21-9-3-10-22-40)37-51(57-53)46-29-13-27-44(33-46)45-28-16-32-49(36-45)55-59-52(41-23-11-4-12-24-41)58-54(60-55)48-31-15-26-43(35-48)39-19-7-2-8-20-39/h1-37H. The highest BCUT2D eigenvalue weighted by Crippen LogP contribution is 2.34. The van der Waals surface area contributed by atoms with E-state index < -0.39 is 0 Å². The fraction of sp³-hybridized carbons (Fsp3) is 0. The van der Waals surface area contributed by atoms with Crippen LogP contribution in [0.1, 0.15) is 0 Å². The smallest absolute Gasteiger partial charge is 0.164 e. The van der Waals surface area contributed by atoms with Crippen molar-refractivity contribution >= 4 is 0 Å². The van der Waals surface area contributed by atoms with Crippen molar-refractivity contribution in [3.63, 3.8) is 0 Å². The zero-order chi connectivity index (χ0) is 40.1. The maximum absolute atomic E-state index is 5.20. The van der Waals surface area contributed by atoms with Crippen molar-refractivity contribution < 1.29 is 0 Å². The van der Waals surface area contributed by atoms with Crippen LogP contribution in [0.25, 0.3) is 101 Å². The third kappa shape index (κ3) is 7.76. The third-order valence-corrected chi connectivity index (χ3v) is 10.5. The van der Waals surface area contributed by atoms with Crippen LogP contribution < -0.4 is 0 Å². The topological polar surface area (TPSA) is 64.5 Å². The van der Waals surface area contributed by atoms with E-state index in [0.29, 0.717) is 23.3 Å². The molecule has 0 bridgehead atoms. The van der Waals surface area contributed by atoms with Gasteiger partial charge in [-0.15, -0.1) is 0 Å². The zero-order valence-electron chi connectivity index (χ0n) is 32.6. The second-order valence-electron chi connectivity index (χ2n) is 14.6. The molecule has 10 rings (SSSR count). The van der Waals surface area contributed by atoms with Crippen molar-refractivity contribution in [2.45, 2.75) is 0 Å². The summed E-state index contributed by atoms with van der Waals surface area (Å²) in [5.74, 6) is 2.52. The van der Waals surface area contributed by atoms with E-state index in [0.717, 1.165) is 78.1 Å². The summed E-state index contributed by atoms with van der Waals surface area (Å²) in [5.41, 5.74) is 14.0. The number of hydrogen-bond donors (Lipinski definition) is 0. The minimum Gasteiger partial charge on any atom is -0.228 e. The highest BCUT2D eigenvalue weighted by Gasteiger charge is 2.16. The Kier molecular flexibility index (Phi) is 9.88. The molecular weight excluding hydrogens is 731 g/mol. The molecule has 0 aliphatic heterocycles. The van der Waals surface area contributed by atoms with E-state index in [2.05, 4.69) is 164 Å². The molecule has 0 fully saturated rings. The fourth-order valence-corrected chi connectivity index (χ4v) is 7.46. The first kappa shape index (κ1) is 36.2. The van der Waals surface area contributed by atoms with Crippen LogP contribution in [0.15, 0.2) is 224 Å². The van der Waals surface area contributed by atoms with Crippen molar-refractivity contribution in [3.8, 4) is 101 Å². The van der Waals surface area contributed by atoms with E-state index in [9.17, 15) is 0 Å². The number of aromatic nitrogens is 5. The quantitative estimate of drug-likeness (QED) is 0.146. The van der Waals surface area contributed by atoms with Crippen LogP contribution in [0.5, 0.6) is 0 Å². The highest BCUT2D eigenvalue weighted by atomic mass is 15.0. The lowest BCUT2D eigenvalue weighted by Gasteiger charge is -2.12. The molecule has 0 aliphatic rings. The predicted octanol–water partition coefficient (Wildman–Crippen LogP) is 13.7. The Bertz CT molecular complexity index is 2870. The van der Waals surface area contributed by atoms with Gasteiger partial charge in [0.15, 0.2) is 23.3 Å². The van der Waals surface area contributed by atoms with Gasteiger partial charge in [0.05, 0.1) is 11.4 Å². The molecule has 8 aromatic carbocycles. The van der Waals surface area contributed by atoms with Crippen LogP contribution in [-0.4, -0.2) is 24.9 Å². The number of rotatable bonds is 9. The van der Waals surface area contributed by atoms with Gasteiger partial charge >= 0.3 is 0 Å². The van der Waals surface area contributed by atoms with Gasteiger partial charge in [0.2, 0.25) is 0 Å². The Labute approximate surface area is 349 Å². The maximum atomic E-state index is 5.20. The first-order chi connectivity index (χ1) is 29.7. The molecule has 0 saturated heterocycles. The zero-order valence-corrected chi connectivity index (χ0v) is 32.6. The average Bonchev–Trinajstić information content (AvgIpc) is 3.35. The molecular formula is C55H37N5. The van der Waals surface area contributed by atoms with E-state index in [-0.39, 0.29) is 0 Å². The average molecular weight is 768 g/mol. The maximum Gasteiger partial charge on any atom is 0.164 e. The second-order valence-corrected chi connectivity index (χ2v) is 14.6. The number of nitrogens with zero attached hydrogens (tertiary/aromatic N) is 5. The van der Waals surface area contributed by atoms with Gasteiger partial charge in [-0.05, 0) is 63.7 Å². The van der Waals surface area contributed by atoms with Crippen molar-refractivity contribution in [1.29, 1.82) is 0 Å². The Morgan fingerprint density at radius 3 is 0.867 bits per heavy atom. The molecule has 0 amide bonds. The lowest BCUT2D eigenvalue weighted by molar-refractivity contribution is 1.07. The van der Waals surface area contributed by atoms with Gasteiger partial charge in [-0.2, -0.15) is 0 Å². The normalized spacial score (nSPS) is 11.0. The first-order valence-corrected chi connectivity index (χ1v) is 20.0. The number of benzene rings is 8. The van der Waals surface area contributed by atoms with E-state index in [1.807, 2.05) is 60.7 Å². The number of hydrogen-bond acceptors (Lipinski definition) is 5. The van der Waals surface area contributed by atoms with Crippen molar-refractivity contribution in [3.05, 3.63) is 224 Å². The molecule has 0 unspecified atom stereocenters. The molecule has 2 heterocycles. The lowest BCUT2D eigenvalue weighted by Crippen LogP contribution is -2.00. The minimum atomic E-state index is 0.604. The van der Waals surface area contributed by atoms with Crippen LogP contribution >= 0.6 is 0 Å². The Morgan fingerprint density at radius 2 is 0.433 bits per heavy atom. The van der Waals surface area contributed by atoms with E-state index >= 15 is 0 Å². The summed E-state index contributed by atoms with van der Waals surface area (Å²) in [5, 5.41) is 0. The molecule has 0 spiro atoms. The summed E-state index contributed by atoms with van der Waals surface area (Å²) in [6, 6.07) is 77.0. The molecule has 282 valence electrons. The third-order valence-electron chi connectivity index (χ3n) is 10.5. The fourth-order valence-electron chi connectivity index (χ4n) is 7.46. The molecule has 5 heteroatoms. The van der Waals surface area contributed by atoms with Crippen molar-refractivity contribution in [2.24, 2.45) is 0 Å². The van der Waals surface area contributed by atoms with Gasteiger partial charge in [0.25, 0.3) is 0 Å². The highest BCUT2D eigenvalue weighted by molar-refractivity contribution is 5.79. The van der Waals surface area contributed by atoms with Crippen LogP contribution in [0, 0.1) is 0 Å². The van der Waals surface area contributed by atoms with Crippen molar-refractivity contribution in [1.82, 2.24) is 24.9 Å². The first-order valence-electron chi connectivity index (χ1n) is 20.0. The van der Waals surface area contributed by atoms with Gasteiger partial charge in [-0.1, -0.05) is 194 Å². The largest absolute Gasteiger partial charge is 0.228 e. The minimum absolute atomic E-state index is 0.604. The monoisotopic (exact) mass is 767 g/mol. The van der Waals surface area contributed by atoms with E-state index in [1.165, 1.54) is 0 Å². The Hall–Kier alpha value is -8.15. The van der Waals surface area contributed by atoms with E-state index in [4.69, 9.17) is 24.9 Å². The van der Waals surface area contributed by atoms with Crippen LogP contribution in [-0.2, 0) is 0 Å². The molecule has 2 aromatic heterocycles.